The number of ether oxygens (including phenoxy) is 1. The van der Waals surface area contributed by atoms with Crippen molar-refractivity contribution in [3.63, 3.8) is 0 Å². The Bertz CT molecular complexity index is 866. The zero-order valence-corrected chi connectivity index (χ0v) is 16.1. The minimum Gasteiger partial charge on any atom is -0.497 e. The van der Waals surface area contributed by atoms with Crippen LogP contribution in [-0.2, 0) is 21.2 Å². The van der Waals surface area contributed by atoms with Crippen molar-refractivity contribution in [2.24, 2.45) is 5.10 Å². The highest BCUT2D eigenvalue weighted by Gasteiger charge is 2.19. The summed E-state index contributed by atoms with van der Waals surface area (Å²) < 4.78 is 30.1. The van der Waals surface area contributed by atoms with E-state index in [2.05, 4.69) is 10.5 Å². The van der Waals surface area contributed by atoms with Gasteiger partial charge in [0, 0.05) is 6.54 Å². The van der Waals surface area contributed by atoms with Crippen LogP contribution in [0.5, 0.6) is 5.75 Å². The second kappa shape index (κ2) is 9.84. The fraction of sp³-hybridized carbons (Fsp3) is 0.263. The van der Waals surface area contributed by atoms with E-state index in [0.29, 0.717) is 6.42 Å². The van der Waals surface area contributed by atoms with Crippen molar-refractivity contribution < 1.29 is 17.9 Å². The summed E-state index contributed by atoms with van der Waals surface area (Å²) in [4.78, 5) is 12.1. The third-order valence-corrected chi connectivity index (χ3v) is 5.05. The van der Waals surface area contributed by atoms with E-state index in [0.717, 1.165) is 27.4 Å². The van der Waals surface area contributed by atoms with Gasteiger partial charge in [0.1, 0.15) is 5.75 Å². The number of amides is 1. The van der Waals surface area contributed by atoms with Gasteiger partial charge in [-0.2, -0.15) is 9.41 Å². The van der Waals surface area contributed by atoms with Crippen molar-refractivity contribution in [1.82, 2.24) is 9.73 Å². The highest BCUT2D eigenvalue weighted by molar-refractivity contribution is 7.88. The Morgan fingerprint density at radius 1 is 1.15 bits per heavy atom. The van der Waals surface area contributed by atoms with Crippen LogP contribution in [-0.4, -0.2) is 51.3 Å². The van der Waals surface area contributed by atoms with Crippen molar-refractivity contribution in [3.05, 3.63) is 65.7 Å². The quantitative estimate of drug-likeness (QED) is 0.522. The Balaban J connectivity index is 1.89. The van der Waals surface area contributed by atoms with E-state index < -0.39 is 15.9 Å². The zero-order chi connectivity index (χ0) is 19.7. The molecule has 0 radical (unpaired) electrons. The molecule has 27 heavy (non-hydrogen) atoms. The molecule has 0 fully saturated rings. The first-order chi connectivity index (χ1) is 12.9. The van der Waals surface area contributed by atoms with Crippen LogP contribution in [0.1, 0.15) is 11.1 Å². The molecule has 0 aromatic heterocycles. The second-order valence-corrected chi connectivity index (χ2v) is 7.88. The van der Waals surface area contributed by atoms with E-state index in [4.69, 9.17) is 4.74 Å². The SMILES string of the molecule is COc1ccc(C=NNC(=O)CN(CCc2ccccc2)S(C)(=O)=O)cc1. The molecule has 0 heterocycles. The lowest BCUT2D eigenvalue weighted by Gasteiger charge is -2.18. The van der Waals surface area contributed by atoms with Crippen molar-refractivity contribution in [2.45, 2.75) is 6.42 Å². The van der Waals surface area contributed by atoms with Crippen LogP contribution in [0.3, 0.4) is 0 Å². The number of hydrogen-bond acceptors (Lipinski definition) is 5. The molecule has 2 aromatic carbocycles. The van der Waals surface area contributed by atoms with E-state index in [1.54, 1.807) is 31.4 Å². The van der Waals surface area contributed by atoms with Gasteiger partial charge in [-0.1, -0.05) is 30.3 Å². The fourth-order valence-electron chi connectivity index (χ4n) is 2.32. The summed E-state index contributed by atoms with van der Waals surface area (Å²) in [7, 11) is -1.93. The summed E-state index contributed by atoms with van der Waals surface area (Å²) >= 11 is 0. The minimum atomic E-state index is -3.51. The first-order valence-corrected chi connectivity index (χ1v) is 10.2. The van der Waals surface area contributed by atoms with E-state index in [1.807, 2.05) is 30.3 Å². The minimum absolute atomic E-state index is 0.221. The summed E-state index contributed by atoms with van der Waals surface area (Å²) in [5.41, 5.74) is 4.14. The van der Waals surface area contributed by atoms with Gasteiger partial charge in [-0.3, -0.25) is 4.79 Å². The number of sulfonamides is 1. The molecule has 0 atom stereocenters. The Kier molecular flexibility index (Phi) is 7.51. The van der Waals surface area contributed by atoms with Gasteiger partial charge >= 0.3 is 0 Å². The van der Waals surface area contributed by atoms with Crippen LogP contribution < -0.4 is 10.2 Å². The van der Waals surface area contributed by atoms with Crippen LogP contribution in [0.4, 0.5) is 0 Å². The molecule has 1 amide bonds. The molecule has 144 valence electrons. The number of carbonyl (C=O) groups is 1. The summed E-state index contributed by atoms with van der Waals surface area (Å²) in [6.45, 7) is -0.0654. The van der Waals surface area contributed by atoms with Gasteiger partial charge in [0.15, 0.2) is 0 Å². The molecule has 0 saturated heterocycles. The number of carbonyl (C=O) groups excluding carboxylic acids is 1. The first-order valence-electron chi connectivity index (χ1n) is 8.33. The van der Waals surface area contributed by atoms with Gasteiger partial charge in [0.05, 0.1) is 26.1 Å². The van der Waals surface area contributed by atoms with Crippen molar-refractivity contribution in [2.75, 3.05) is 26.5 Å². The van der Waals surface area contributed by atoms with Gasteiger partial charge in [-0.25, -0.2) is 13.8 Å². The number of methoxy groups -OCH3 is 1. The van der Waals surface area contributed by atoms with E-state index in [1.165, 1.54) is 6.21 Å². The highest BCUT2D eigenvalue weighted by Crippen LogP contribution is 2.09. The molecule has 8 heteroatoms. The Labute approximate surface area is 159 Å². The lowest BCUT2D eigenvalue weighted by molar-refractivity contribution is -0.121. The Hall–Kier alpha value is -2.71. The van der Waals surface area contributed by atoms with Crippen molar-refractivity contribution in [1.29, 1.82) is 0 Å². The third kappa shape index (κ3) is 7.20. The van der Waals surface area contributed by atoms with Gasteiger partial charge in [-0.15, -0.1) is 0 Å². The maximum absolute atomic E-state index is 12.1. The smallest absolute Gasteiger partial charge is 0.255 e. The number of benzene rings is 2. The molecule has 0 bridgehead atoms. The number of rotatable bonds is 9. The zero-order valence-electron chi connectivity index (χ0n) is 15.3. The third-order valence-electron chi connectivity index (χ3n) is 3.80. The van der Waals surface area contributed by atoms with E-state index in [-0.39, 0.29) is 13.1 Å². The summed E-state index contributed by atoms with van der Waals surface area (Å²) in [5.74, 6) is 0.219. The number of nitrogens with zero attached hydrogens (tertiary/aromatic N) is 2. The monoisotopic (exact) mass is 389 g/mol. The molecule has 0 saturated carbocycles. The lowest BCUT2D eigenvalue weighted by Crippen LogP contribution is -2.40. The summed E-state index contributed by atoms with van der Waals surface area (Å²) in [6.07, 6.45) is 3.09. The Morgan fingerprint density at radius 3 is 2.41 bits per heavy atom. The predicted molar refractivity (Wildman–Crippen MR) is 105 cm³/mol. The lowest BCUT2D eigenvalue weighted by atomic mass is 10.1. The van der Waals surface area contributed by atoms with Crippen molar-refractivity contribution in [3.8, 4) is 5.75 Å². The number of hydrazone groups is 1. The molecule has 0 aliphatic heterocycles. The van der Waals surface area contributed by atoms with E-state index >= 15 is 0 Å². The average molecular weight is 389 g/mol. The molecule has 7 nitrogen and oxygen atoms in total. The fourth-order valence-corrected chi connectivity index (χ4v) is 3.10. The van der Waals surface area contributed by atoms with Crippen molar-refractivity contribution >= 4 is 22.1 Å². The normalized spacial score (nSPS) is 11.7. The molecule has 2 rings (SSSR count). The Morgan fingerprint density at radius 2 is 1.81 bits per heavy atom. The van der Waals surface area contributed by atoms with Gasteiger partial charge in [0.25, 0.3) is 5.91 Å². The molecule has 0 unspecified atom stereocenters. The van der Waals surface area contributed by atoms with Gasteiger partial charge in [0.2, 0.25) is 10.0 Å². The molecular weight excluding hydrogens is 366 g/mol. The first kappa shape index (κ1) is 20.6. The van der Waals surface area contributed by atoms with Crippen LogP contribution in [0.25, 0.3) is 0 Å². The summed E-state index contributed by atoms with van der Waals surface area (Å²) in [5, 5.41) is 3.86. The standard InChI is InChI=1S/C19H23N3O4S/c1-26-18-10-8-17(9-11-18)14-20-21-19(23)15-22(27(2,24)25)13-12-16-6-4-3-5-7-16/h3-11,14H,12-13,15H2,1-2H3,(H,21,23). The summed E-state index contributed by atoms with van der Waals surface area (Å²) in [6, 6.07) is 16.6. The molecule has 1 N–H and O–H groups in total. The number of hydrogen-bond donors (Lipinski definition) is 1. The molecular formula is C19H23N3O4S. The highest BCUT2D eigenvalue weighted by atomic mass is 32.2. The van der Waals surface area contributed by atoms with Crippen LogP contribution in [0.2, 0.25) is 0 Å². The van der Waals surface area contributed by atoms with Crippen LogP contribution in [0, 0.1) is 0 Å². The topological polar surface area (TPSA) is 88.1 Å². The molecule has 2 aromatic rings. The molecule has 0 aliphatic rings. The maximum atomic E-state index is 12.1. The largest absolute Gasteiger partial charge is 0.497 e. The predicted octanol–water partition coefficient (Wildman–Crippen LogP) is 1.65. The molecule has 0 aliphatic carbocycles. The van der Waals surface area contributed by atoms with Gasteiger partial charge < -0.3 is 4.74 Å². The van der Waals surface area contributed by atoms with Gasteiger partial charge in [-0.05, 0) is 41.8 Å². The van der Waals surface area contributed by atoms with Crippen LogP contribution in [0.15, 0.2) is 59.7 Å². The maximum Gasteiger partial charge on any atom is 0.255 e. The second-order valence-electron chi connectivity index (χ2n) is 5.90. The van der Waals surface area contributed by atoms with E-state index in [9.17, 15) is 13.2 Å². The number of nitrogens with one attached hydrogen (secondary N) is 1. The van der Waals surface area contributed by atoms with Crippen LogP contribution >= 0.6 is 0 Å². The molecule has 0 spiro atoms. The average Bonchev–Trinajstić information content (AvgIpc) is 2.65.